The molecule has 0 aromatic carbocycles. The maximum absolute atomic E-state index is 12.7. The third-order valence-corrected chi connectivity index (χ3v) is 5.85. The predicted octanol–water partition coefficient (Wildman–Crippen LogP) is 2.83. The van der Waals surface area contributed by atoms with Crippen LogP contribution in [0.25, 0.3) is 0 Å². The van der Waals surface area contributed by atoms with E-state index in [2.05, 4.69) is 13.8 Å². The molecule has 2 amide bonds. The molecule has 2 aliphatic heterocycles. The molecule has 2 aliphatic rings. The zero-order valence-electron chi connectivity index (χ0n) is 13.4. The molecule has 2 fully saturated rings. The lowest BCUT2D eigenvalue weighted by Gasteiger charge is -2.29. The van der Waals surface area contributed by atoms with Gasteiger partial charge in [-0.2, -0.15) is 0 Å². The molecule has 0 unspecified atom stereocenters. The van der Waals surface area contributed by atoms with Crippen molar-refractivity contribution in [1.82, 2.24) is 9.80 Å². The minimum absolute atomic E-state index is 0.0115. The Balaban J connectivity index is 2.04. The van der Waals surface area contributed by atoms with Crippen molar-refractivity contribution >= 4 is 40.1 Å². The van der Waals surface area contributed by atoms with Gasteiger partial charge in [-0.05, 0) is 19.3 Å². The van der Waals surface area contributed by atoms with Gasteiger partial charge in [0.1, 0.15) is 4.32 Å². The summed E-state index contributed by atoms with van der Waals surface area (Å²) in [6.07, 6.45) is 5.59. The fourth-order valence-corrected chi connectivity index (χ4v) is 4.65. The summed E-state index contributed by atoms with van der Waals surface area (Å²) in [6.45, 7) is 6.78. The maximum Gasteiger partial charge on any atom is 0.230 e. The zero-order chi connectivity index (χ0) is 16.3. The highest BCUT2D eigenvalue weighted by atomic mass is 32.2. The molecule has 2 rings (SSSR count). The van der Waals surface area contributed by atoms with E-state index in [-0.39, 0.29) is 23.9 Å². The first-order chi connectivity index (χ1) is 10.5. The summed E-state index contributed by atoms with van der Waals surface area (Å²) >= 11 is 6.94. The van der Waals surface area contributed by atoms with Crippen molar-refractivity contribution in [3.05, 3.63) is 12.2 Å². The summed E-state index contributed by atoms with van der Waals surface area (Å²) in [4.78, 5) is 28.3. The van der Waals surface area contributed by atoms with E-state index in [1.807, 2.05) is 24.0 Å². The van der Waals surface area contributed by atoms with Crippen molar-refractivity contribution in [3.8, 4) is 0 Å². The number of allylic oxidation sites excluding steroid dienone is 1. The van der Waals surface area contributed by atoms with Crippen LogP contribution >= 0.6 is 24.0 Å². The van der Waals surface area contributed by atoms with Gasteiger partial charge < -0.3 is 4.90 Å². The van der Waals surface area contributed by atoms with Gasteiger partial charge in [-0.3, -0.25) is 14.5 Å². The van der Waals surface area contributed by atoms with E-state index in [4.69, 9.17) is 12.2 Å². The number of thioether (sulfide) groups is 1. The van der Waals surface area contributed by atoms with Crippen molar-refractivity contribution in [3.63, 3.8) is 0 Å². The molecule has 0 spiro atoms. The molecule has 0 bridgehead atoms. The Kier molecular flexibility index (Phi) is 6.03. The van der Waals surface area contributed by atoms with Gasteiger partial charge in [0.25, 0.3) is 0 Å². The number of amides is 2. The van der Waals surface area contributed by atoms with Crippen LogP contribution in [0.3, 0.4) is 0 Å². The third kappa shape index (κ3) is 3.71. The summed E-state index contributed by atoms with van der Waals surface area (Å²) in [7, 11) is 0. The van der Waals surface area contributed by atoms with E-state index in [0.717, 1.165) is 12.2 Å². The van der Waals surface area contributed by atoms with Gasteiger partial charge >= 0.3 is 0 Å². The molecule has 2 heterocycles. The SMILES string of the molecule is C/C=C/CN1C(=O)CC[C@@H]1CC(=O)N1C(=S)SC[C@@H]1C(C)C. The van der Waals surface area contributed by atoms with E-state index in [1.54, 1.807) is 16.7 Å². The first-order valence-corrected chi connectivity index (χ1v) is 9.24. The van der Waals surface area contributed by atoms with Crippen LogP contribution < -0.4 is 0 Å². The van der Waals surface area contributed by atoms with Gasteiger partial charge in [0.15, 0.2) is 0 Å². The van der Waals surface area contributed by atoms with Gasteiger partial charge in [-0.15, -0.1) is 0 Å². The van der Waals surface area contributed by atoms with Gasteiger partial charge in [0.2, 0.25) is 11.8 Å². The Hall–Kier alpha value is -0.880. The Morgan fingerprint density at radius 1 is 1.50 bits per heavy atom. The van der Waals surface area contributed by atoms with Crippen LogP contribution in [0.5, 0.6) is 0 Å². The number of thiocarbonyl (C=S) groups is 1. The predicted molar refractivity (Wildman–Crippen MR) is 94.7 cm³/mol. The fraction of sp³-hybridized carbons (Fsp3) is 0.688. The first kappa shape index (κ1) is 17.5. The molecule has 22 heavy (non-hydrogen) atoms. The summed E-state index contributed by atoms with van der Waals surface area (Å²) in [5.41, 5.74) is 0. The number of hydrogen-bond donors (Lipinski definition) is 0. The van der Waals surface area contributed by atoms with Crippen LogP contribution in [0, 0.1) is 5.92 Å². The fourth-order valence-electron chi connectivity index (χ4n) is 2.99. The van der Waals surface area contributed by atoms with Gasteiger partial charge in [0.05, 0.1) is 0 Å². The van der Waals surface area contributed by atoms with Gasteiger partial charge in [0, 0.05) is 37.2 Å². The van der Waals surface area contributed by atoms with Crippen LogP contribution in [0.1, 0.15) is 40.0 Å². The highest BCUT2D eigenvalue weighted by Gasteiger charge is 2.39. The minimum atomic E-state index is 0.0115. The van der Waals surface area contributed by atoms with Crippen LogP contribution in [0.2, 0.25) is 0 Å². The van der Waals surface area contributed by atoms with Crippen LogP contribution in [0.15, 0.2) is 12.2 Å². The lowest BCUT2D eigenvalue weighted by Crippen LogP contribution is -2.44. The molecule has 122 valence electrons. The summed E-state index contributed by atoms with van der Waals surface area (Å²) < 4.78 is 0.688. The maximum atomic E-state index is 12.7. The molecule has 0 aliphatic carbocycles. The molecule has 2 atom stereocenters. The average Bonchev–Trinajstić information content (AvgIpc) is 3.01. The highest BCUT2D eigenvalue weighted by molar-refractivity contribution is 8.23. The number of rotatable bonds is 5. The Bertz CT molecular complexity index is 491. The topological polar surface area (TPSA) is 40.6 Å². The molecule has 0 aromatic heterocycles. The van der Waals surface area contributed by atoms with Crippen molar-refractivity contribution in [2.75, 3.05) is 12.3 Å². The second kappa shape index (κ2) is 7.59. The number of carbonyl (C=O) groups excluding carboxylic acids is 2. The van der Waals surface area contributed by atoms with Crippen molar-refractivity contribution < 1.29 is 9.59 Å². The molecule has 6 heteroatoms. The lowest BCUT2D eigenvalue weighted by molar-refractivity contribution is -0.132. The minimum Gasteiger partial charge on any atom is -0.335 e. The summed E-state index contributed by atoms with van der Waals surface area (Å²) in [6, 6.07) is 0.198. The Morgan fingerprint density at radius 3 is 2.86 bits per heavy atom. The van der Waals surface area contributed by atoms with Crippen molar-refractivity contribution in [2.45, 2.75) is 52.1 Å². The molecule has 4 nitrogen and oxygen atoms in total. The van der Waals surface area contributed by atoms with Crippen LogP contribution in [0.4, 0.5) is 0 Å². The number of likely N-dealkylation sites (tertiary alicyclic amines) is 1. The molecule has 0 saturated carbocycles. The van der Waals surface area contributed by atoms with Crippen LogP contribution in [-0.4, -0.2) is 50.3 Å². The van der Waals surface area contributed by atoms with Gasteiger partial charge in [-0.1, -0.05) is 50.0 Å². The third-order valence-electron chi connectivity index (χ3n) is 4.34. The highest BCUT2D eigenvalue weighted by Crippen LogP contribution is 2.31. The first-order valence-electron chi connectivity index (χ1n) is 7.85. The summed E-state index contributed by atoms with van der Waals surface area (Å²) in [5, 5.41) is 0. The van der Waals surface area contributed by atoms with E-state index in [0.29, 0.717) is 29.6 Å². The Morgan fingerprint density at radius 2 is 2.23 bits per heavy atom. The standard InChI is InChI=1S/C16H24N2O2S2/c1-4-5-8-17-12(6-7-14(17)19)9-15(20)18-13(11(2)3)10-22-16(18)21/h4-5,11-13H,6-10H2,1-3H3/b5-4+/t12-,13-/m1/s1. The number of hydrogen-bond acceptors (Lipinski definition) is 4. The van der Waals surface area contributed by atoms with Crippen molar-refractivity contribution in [1.29, 1.82) is 0 Å². The largest absolute Gasteiger partial charge is 0.335 e. The van der Waals surface area contributed by atoms with E-state index in [1.165, 1.54) is 0 Å². The van der Waals surface area contributed by atoms with Crippen molar-refractivity contribution in [2.24, 2.45) is 5.92 Å². The normalized spacial score (nSPS) is 26.0. The van der Waals surface area contributed by atoms with Crippen LogP contribution in [-0.2, 0) is 9.59 Å². The summed E-state index contributed by atoms with van der Waals surface area (Å²) in [5.74, 6) is 1.49. The lowest BCUT2D eigenvalue weighted by atomic mass is 10.0. The monoisotopic (exact) mass is 340 g/mol. The molecular weight excluding hydrogens is 316 g/mol. The zero-order valence-corrected chi connectivity index (χ0v) is 15.1. The number of nitrogens with zero attached hydrogens (tertiary/aromatic N) is 2. The van der Waals surface area contributed by atoms with E-state index in [9.17, 15) is 9.59 Å². The average molecular weight is 341 g/mol. The number of carbonyl (C=O) groups is 2. The van der Waals surface area contributed by atoms with Gasteiger partial charge in [-0.25, -0.2) is 0 Å². The molecule has 2 saturated heterocycles. The smallest absolute Gasteiger partial charge is 0.230 e. The molecule has 0 N–H and O–H groups in total. The Labute approximate surface area is 142 Å². The molecular formula is C16H24N2O2S2. The second-order valence-electron chi connectivity index (χ2n) is 6.16. The molecule has 0 radical (unpaired) electrons. The second-order valence-corrected chi connectivity index (χ2v) is 7.82. The molecule has 0 aromatic rings. The van der Waals surface area contributed by atoms with E-state index < -0.39 is 0 Å². The quantitative estimate of drug-likeness (QED) is 0.570. The van der Waals surface area contributed by atoms with E-state index >= 15 is 0 Å².